The monoisotopic (exact) mass is 263 g/mol. The number of aromatic nitrogens is 2. The predicted octanol–water partition coefficient (Wildman–Crippen LogP) is -0.256. The summed E-state index contributed by atoms with van der Waals surface area (Å²) in [6, 6.07) is 4.39. The number of rotatable bonds is 3. The summed E-state index contributed by atoms with van der Waals surface area (Å²) >= 11 is 0. The van der Waals surface area contributed by atoms with Crippen LogP contribution < -0.4 is 10.9 Å². The van der Waals surface area contributed by atoms with Crippen molar-refractivity contribution in [2.45, 2.75) is 13.0 Å². The summed E-state index contributed by atoms with van der Waals surface area (Å²) in [6.45, 7) is 1.52. The molecule has 1 atom stereocenters. The van der Waals surface area contributed by atoms with Gasteiger partial charge in [0.25, 0.3) is 11.5 Å². The van der Waals surface area contributed by atoms with E-state index in [0.29, 0.717) is 10.2 Å². The van der Waals surface area contributed by atoms with Gasteiger partial charge in [0.15, 0.2) is 0 Å². The Labute approximate surface area is 108 Å². The number of nitrogens with zero attached hydrogens (tertiary/aromatic N) is 2. The molecule has 100 valence electrons. The summed E-state index contributed by atoms with van der Waals surface area (Å²) in [6.07, 6.45) is 0.767. The van der Waals surface area contributed by atoms with E-state index in [1.165, 1.54) is 25.3 Å². The van der Waals surface area contributed by atoms with E-state index >= 15 is 0 Å². The minimum Gasteiger partial charge on any atom is -0.425 e. The summed E-state index contributed by atoms with van der Waals surface area (Å²) in [4.78, 5) is 27.6. The van der Waals surface area contributed by atoms with Gasteiger partial charge < -0.3 is 15.6 Å². The summed E-state index contributed by atoms with van der Waals surface area (Å²) in [5.74, 6) is -0.666. The lowest BCUT2D eigenvalue weighted by Gasteiger charge is -2.08. The second-order valence-corrected chi connectivity index (χ2v) is 4.14. The molecule has 0 aliphatic carbocycles. The standard InChI is InChI=1S/C12H13N3O4/c1-7(16)6-14-11(17)8-5-9-10(3-2-4-13-9)15(19)12(8)18/h2-5,7,16,19H,6H2,1H3,(H,14,17)/t7-/m0/s1. The Bertz CT molecular complexity index is 678. The van der Waals surface area contributed by atoms with E-state index in [1.54, 1.807) is 6.07 Å². The number of nitrogens with one attached hydrogen (secondary N) is 1. The summed E-state index contributed by atoms with van der Waals surface area (Å²) in [5.41, 5.74) is -0.510. The van der Waals surface area contributed by atoms with Gasteiger partial charge in [0.2, 0.25) is 0 Å². The van der Waals surface area contributed by atoms with Crippen LogP contribution >= 0.6 is 0 Å². The average Bonchev–Trinajstić information content (AvgIpc) is 2.40. The molecule has 0 aliphatic heterocycles. The molecule has 0 unspecified atom stereocenters. The van der Waals surface area contributed by atoms with Crippen LogP contribution in [0.5, 0.6) is 0 Å². The number of carbonyl (C=O) groups excluding carboxylic acids is 1. The number of aliphatic hydroxyl groups is 1. The van der Waals surface area contributed by atoms with Crippen molar-refractivity contribution in [3.05, 3.63) is 40.3 Å². The van der Waals surface area contributed by atoms with E-state index in [-0.39, 0.29) is 17.6 Å². The molecule has 2 rings (SSSR count). The van der Waals surface area contributed by atoms with Gasteiger partial charge in [-0.2, -0.15) is 0 Å². The molecule has 0 aromatic carbocycles. The lowest BCUT2D eigenvalue weighted by molar-refractivity contribution is 0.0917. The number of amides is 1. The Kier molecular flexibility index (Phi) is 3.48. The molecule has 1 amide bonds. The van der Waals surface area contributed by atoms with Crippen molar-refractivity contribution in [3.8, 4) is 0 Å². The van der Waals surface area contributed by atoms with Crippen molar-refractivity contribution in [3.63, 3.8) is 0 Å². The smallest absolute Gasteiger partial charge is 0.296 e. The van der Waals surface area contributed by atoms with E-state index in [9.17, 15) is 14.8 Å². The third kappa shape index (κ3) is 2.55. The molecule has 2 heterocycles. The molecule has 0 bridgehead atoms. The zero-order chi connectivity index (χ0) is 14.0. The largest absolute Gasteiger partial charge is 0.425 e. The van der Waals surface area contributed by atoms with Crippen LogP contribution in [0.25, 0.3) is 11.0 Å². The van der Waals surface area contributed by atoms with Gasteiger partial charge in [-0.05, 0) is 25.1 Å². The number of fused-ring (bicyclic) bond motifs is 1. The van der Waals surface area contributed by atoms with Crippen LogP contribution in [0.15, 0.2) is 29.2 Å². The van der Waals surface area contributed by atoms with Crippen molar-refractivity contribution in [1.82, 2.24) is 15.0 Å². The average molecular weight is 263 g/mol. The molecule has 2 aromatic heterocycles. The van der Waals surface area contributed by atoms with Crippen LogP contribution in [0.1, 0.15) is 17.3 Å². The Morgan fingerprint density at radius 3 is 3.00 bits per heavy atom. The third-order valence-corrected chi connectivity index (χ3v) is 2.55. The van der Waals surface area contributed by atoms with E-state index in [0.717, 1.165) is 0 Å². The van der Waals surface area contributed by atoms with Crippen molar-refractivity contribution in [1.29, 1.82) is 0 Å². The molecule has 0 spiro atoms. The highest BCUT2D eigenvalue weighted by atomic mass is 16.5. The lowest BCUT2D eigenvalue weighted by atomic mass is 10.2. The van der Waals surface area contributed by atoms with Gasteiger partial charge >= 0.3 is 0 Å². The Morgan fingerprint density at radius 1 is 1.58 bits per heavy atom. The fourth-order valence-electron chi connectivity index (χ4n) is 1.62. The quantitative estimate of drug-likeness (QED) is 0.662. The highest BCUT2D eigenvalue weighted by Gasteiger charge is 2.15. The Hall–Kier alpha value is -2.41. The molecule has 3 N–H and O–H groups in total. The molecule has 0 aliphatic rings. The first-order valence-electron chi connectivity index (χ1n) is 5.67. The molecule has 19 heavy (non-hydrogen) atoms. The minimum atomic E-state index is -0.830. The zero-order valence-electron chi connectivity index (χ0n) is 10.2. The molecule has 7 heteroatoms. The number of hydrogen-bond acceptors (Lipinski definition) is 5. The van der Waals surface area contributed by atoms with E-state index in [4.69, 9.17) is 5.11 Å². The van der Waals surface area contributed by atoms with Crippen LogP contribution in [0.2, 0.25) is 0 Å². The number of hydrogen-bond donors (Lipinski definition) is 3. The van der Waals surface area contributed by atoms with Crippen LogP contribution in [0.3, 0.4) is 0 Å². The fraction of sp³-hybridized carbons (Fsp3) is 0.250. The maximum absolute atomic E-state index is 11.8. The van der Waals surface area contributed by atoms with Gasteiger partial charge in [-0.25, -0.2) is 0 Å². The summed E-state index contributed by atoms with van der Waals surface area (Å²) in [5, 5.41) is 21.2. The minimum absolute atomic E-state index is 0.0178. The van der Waals surface area contributed by atoms with Crippen LogP contribution in [-0.2, 0) is 0 Å². The fourth-order valence-corrected chi connectivity index (χ4v) is 1.62. The van der Waals surface area contributed by atoms with Crippen molar-refractivity contribution in [2.75, 3.05) is 6.54 Å². The first kappa shape index (κ1) is 13.0. The van der Waals surface area contributed by atoms with Gasteiger partial charge in [-0.1, -0.05) is 0 Å². The van der Waals surface area contributed by atoms with Crippen LogP contribution in [-0.4, -0.2) is 38.6 Å². The molecular formula is C12H13N3O4. The normalized spacial score (nSPS) is 12.3. The number of pyridine rings is 2. The second kappa shape index (κ2) is 5.07. The van der Waals surface area contributed by atoms with Gasteiger partial charge in [0.1, 0.15) is 11.1 Å². The molecule has 0 fully saturated rings. The number of aliphatic hydroxyl groups excluding tert-OH is 1. The highest BCUT2D eigenvalue weighted by Crippen LogP contribution is 2.09. The predicted molar refractivity (Wildman–Crippen MR) is 67.2 cm³/mol. The Balaban J connectivity index is 2.47. The zero-order valence-corrected chi connectivity index (χ0v) is 10.2. The summed E-state index contributed by atoms with van der Waals surface area (Å²) < 4.78 is 0.389. The van der Waals surface area contributed by atoms with Crippen molar-refractivity contribution in [2.24, 2.45) is 0 Å². The van der Waals surface area contributed by atoms with Gasteiger partial charge in [-0.15, -0.1) is 4.73 Å². The molecule has 0 saturated carbocycles. The highest BCUT2D eigenvalue weighted by molar-refractivity contribution is 5.96. The molecule has 2 aromatic rings. The van der Waals surface area contributed by atoms with Gasteiger partial charge in [-0.3, -0.25) is 14.6 Å². The van der Waals surface area contributed by atoms with E-state index < -0.39 is 17.6 Å². The first-order valence-corrected chi connectivity index (χ1v) is 5.67. The van der Waals surface area contributed by atoms with Crippen molar-refractivity contribution >= 4 is 16.9 Å². The van der Waals surface area contributed by atoms with Gasteiger partial charge in [0.05, 0.1) is 11.6 Å². The van der Waals surface area contributed by atoms with Crippen molar-refractivity contribution < 1.29 is 15.1 Å². The lowest BCUT2D eigenvalue weighted by Crippen LogP contribution is -2.36. The maximum atomic E-state index is 11.8. The first-order chi connectivity index (χ1) is 9.00. The molecule has 0 saturated heterocycles. The Morgan fingerprint density at radius 2 is 2.32 bits per heavy atom. The third-order valence-electron chi connectivity index (χ3n) is 2.55. The van der Waals surface area contributed by atoms with Crippen LogP contribution in [0, 0.1) is 0 Å². The SMILES string of the molecule is C[C@H](O)CNC(=O)c1cc2ncccc2n(O)c1=O. The van der Waals surface area contributed by atoms with Gasteiger partial charge in [0, 0.05) is 12.7 Å². The topological polar surface area (TPSA) is 104 Å². The van der Waals surface area contributed by atoms with E-state index in [2.05, 4.69) is 10.3 Å². The van der Waals surface area contributed by atoms with Crippen LogP contribution in [0.4, 0.5) is 0 Å². The molecule has 0 radical (unpaired) electrons. The second-order valence-electron chi connectivity index (χ2n) is 4.14. The summed E-state index contributed by atoms with van der Waals surface area (Å²) in [7, 11) is 0. The maximum Gasteiger partial charge on any atom is 0.296 e. The van der Waals surface area contributed by atoms with E-state index in [1.807, 2.05) is 0 Å². The molecule has 7 nitrogen and oxygen atoms in total. The number of carbonyl (C=O) groups is 1. The molecular weight excluding hydrogens is 250 g/mol.